The zero-order valence-electron chi connectivity index (χ0n) is 12.4. The molecule has 0 bridgehead atoms. The normalized spacial score (nSPS) is 11.3. The molecule has 0 atom stereocenters. The lowest BCUT2D eigenvalue weighted by molar-refractivity contribution is -0.384. The molecule has 0 aliphatic carbocycles. The van der Waals surface area contributed by atoms with Gasteiger partial charge in [-0.3, -0.25) is 14.5 Å². The van der Waals surface area contributed by atoms with Gasteiger partial charge in [0.15, 0.2) is 4.96 Å². The number of benzene rings is 2. The van der Waals surface area contributed by atoms with Crippen molar-refractivity contribution in [1.29, 1.82) is 0 Å². The number of nitrogens with zero attached hydrogens (tertiary/aromatic N) is 3. The molecule has 0 amide bonds. The number of aryl methyl sites for hydroxylation is 1. The Kier molecular flexibility index (Phi) is 3.12. The smallest absolute Gasteiger partial charge is 0.269 e. The van der Waals surface area contributed by atoms with Crippen molar-refractivity contribution < 1.29 is 4.92 Å². The van der Waals surface area contributed by atoms with E-state index in [9.17, 15) is 10.1 Å². The molecule has 114 valence electrons. The van der Waals surface area contributed by atoms with Crippen LogP contribution in [0.15, 0.2) is 48.7 Å². The number of non-ortho nitro benzene ring substituents is 1. The van der Waals surface area contributed by atoms with Gasteiger partial charge in [-0.15, -0.1) is 0 Å². The summed E-state index contributed by atoms with van der Waals surface area (Å²) in [5.74, 6) is 0. The number of hydrogen-bond acceptors (Lipinski definition) is 4. The third-order valence-corrected chi connectivity index (χ3v) is 4.96. The number of thiazole rings is 1. The van der Waals surface area contributed by atoms with E-state index in [2.05, 4.69) is 34.5 Å². The average molecular weight is 323 g/mol. The van der Waals surface area contributed by atoms with Crippen LogP contribution in [0.4, 0.5) is 5.69 Å². The van der Waals surface area contributed by atoms with Crippen LogP contribution in [0.25, 0.3) is 26.4 Å². The van der Waals surface area contributed by atoms with E-state index in [1.807, 2.05) is 6.20 Å². The second kappa shape index (κ2) is 5.17. The van der Waals surface area contributed by atoms with Gasteiger partial charge in [0.25, 0.3) is 5.69 Å². The van der Waals surface area contributed by atoms with E-state index < -0.39 is 4.92 Å². The number of nitro groups is 1. The maximum atomic E-state index is 10.7. The van der Waals surface area contributed by atoms with Crippen molar-refractivity contribution in [2.24, 2.45) is 0 Å². The van der Waals surface area contributed by atoms with Gasteiger partial charge in [-0.05, 0) is 36.2 Å². The molecule has 0 aliphatic heterocycles. The van der Waals surface area contributed by atoms with Crippen LogP contribution in [-0.2, 0) is 6.42 Å². The summed E-state index contributed by atoms with van der Waals surface area (Å²) in [4.78, 5) is 15.9. The molecule has 2 heterocycles. The van der Waals surface area contributed by atoms with Crippen LogP contribution >= 0.6 is 11.3 Å². The summed E-state index contributed by atoms with van der Waals surface area (Å²) in [6.45, 7) is 2.15. The van der Waals surface area contributed by atoms with Gasteiger partial charge in [0, 0.05) is 23.9 Å². The third-order valence-electron chi connectivity index (χ3n) is 3.94. The van der Waals surface area contributed by atoms with Crippen LogP contribution in [-0.4, -0.2) is 14.3 Å². The monoisotopic (exact) mass is 323 g/mol. The highest BCUT2D eigenvalue weighted by Gasteiger charge is 2.12. The Hall–Kier alpha value is -2.73. The second-order valence-electron chi connectivity index (χ2n) is 5.34. The van der Waals surface area contributed by atoms with Crippen LogP contribution in [0.5, 0.6) is 0 Å². The topological polar surface area (TPSA) is 60.4 Å². The predicted octanol–water partition coefficient (Wildman–Crippen LogP) is 4.69. The lowest BCUT2D eigenvalue weighted by atomic mass is 10.1. The second-order valence-corrected chi connectivity index (χ2v) is 6.35. The highest BCUT2D eigenvalue weighted by molar-refractivity contribution is 7.23. The van der Waals surface area contributed by atoms with E-state index in [1.165, 1.54) is 22.4 Å². The van der Waals surface area contributed by atoms with Crippen molar-refractivity contribution in [2.75, 3.05) is 0 Å². The molecule has 0 spiro atoms. The largest absolute Gasteiger partial charge is 0.290 e. The minimum absolute atomic E-state index is 0.0901. The minimum atomic E-state index is -0.394. The molecule has 0 unspecified atom stereocenters. The number of aromatic nitrogens is 2. The van der Waals surface area contributed by atoms with E-state index in [0.717, 1.165) is 28.2 Å². The SMILES string of the molecule is CCc1ccc2c(c1)sc1nc(-c3ccc([N+](=O)[O-])cc3)cn12. The van der Waals surface area contributed by atoms with Crippen LogP contribution in [0.3, 0.4) is 0 Å². The molecular weight excluding hydrogens is 310 g/mol. The number of rotatable bonds is 3. The quantitative estimate of drug-likeness (QED) is 0.406. The molecule has 23 heavy (non-hydrogen) atoms. The van der Waals surface area contributed by atoms with Crippen molar-refractivity contribution in [3.63, 3.8) is 0 Å². The Morgan fingerprint density at radius 1 is 1.22 bits per heavy atom. The summed E-state index contributed by atoms with van der Waals surface area (Å²) in [5.41, 5.74) is 4.25. The summed E-state index contributed by atoms with van der Waals surface area (Å²) in [6, 6.07) is 13.0. The van der Waals surface area contributed by atoms with Gasteiger partial charge in [-0.1, -0.05) is 24.3 Å². The first kappa shape index (κ1) is 13.9. The van der Waals surface area contributed by atoms with E-state index >= 15 is 0 Å². The Balaban J connectivity index is 1.81. The first-order valence-corrected chi connectivity index (χ1v) is 8.12. The van der Waals surface area contributed by atoms with Crippen LogP contribution in [0, 0.1) is 10.1 Å². The molecule has 0 saturated heterocycles. The lowest BCUT2D eigenvalue weighted by Gasteiger charge is -1.97. The fourth-order valence-electron chi connectivity index (χ4n) is 2.66. The third kappa shape index (κ3) is 2.27. The number of hydrogen-bond donors (Lipinski definition) is 0. The Labute approximate surface area is 136 Å². The average Bonchev–Trinajstić information content (AvgIpc) is 3.11. The van der Waals surface area contributed by atoms with E-state index in [1.54, 1.807) is 23.5 Å². The lowest BCUT2D eigenvalue weighted by Crippen LogP contribution is -1.87. The molecule has 0 fully saturated rings. The van der Waals surface area contributed by atoms with Crippen LogP contribution in [0.2, 0.25) is 0 Å². The van der Waals surface area contributed by atoms with Gasteiger partial charge in [0.05, 0.1) is 20.8 Å². The van der Waals surface area contributed by atoms with Gasteiger partial charge in [-0.25, -0.2) is 4.98 Å². The summed E-state index contributed by atoms with van der Waals surface area (Å²) < 4.78 is 3.30. The molecule has 4 aromatic rings. The van der Waals surface area contributed by atoms with Gasteiger partial charge in [0.1, 0.15) is 0 Å². The number of fused-ring (bicyclic) bond motifs is 3. The minimum Gasteiger partial charge on any atom is -0.290 e. The summed E-state index contributed by atoms with van der Waals surface area (Å²) in [5, 5.41) is 10.7. The number of imidazole rings is 1. The maximum absolute atomic E-state index is 10.7. The summed E-state index contributed by atoms with van der Waals surface area (Å²) in [6.07, 6.45) is 3.01. The standard InChI is InChI=1S/C17H13N3O2S/c1-2-11-3-8-15-16(9-11)23-17-18-14(10-19(15)17)12-4-6-13(7-5-12)20(21)22/h3-10H,2H2,1H3. The summed E-state index contributed by atoms with van der Waals surface area (Å²) in [7, 11) is 0. The van der Waals surface area contributed by atoms with Gasteiger partial charge < -0.3 is 0 Å². The fraction of sp³-hybridized carbons (Fsp3) is 0.118. The van der Waals surface area contributed by atoms with Gasteiger partial charge >= 0.3 is 0 Å². The zero-order valence-corrected chi connectivity index (χ0v) is 13.2. The number of nitro benzene ring substituents is 1. The van der Waals surface area contributed by atoms with Gasteiger partial charge in [-0.2, -0.15) is 0 Å². The van der Waals surface area contributed by atoms with Crippen LogP contribution < -0.4 is 0 Å². The predicted molar refractivity (Wildman–Crippen MR) is 92.0 cm³/mol. The van der Waals surface area contributed by atoms with Crippen molar-refractivity contribution >= 4 is 32.2 Å². The highest BCUT2D eigenvalue weighted by Crippen LogP contribution is 2.30. The van der Waals surface area contributed by atoms with Gasteiger partial charge in [0.2, 0.25) is 0 Å². The van der Waals surface area contributed by atoms with E-state index in [4.69, 9.17) is 0 Å². The zero-order chi connectivity index (χ0) is 16.0. The molecule has 2 aromatic heterocycles. The van der Waals surface area contributed by atoms with E-state index in [-0.39, 0.29) is 5.69 Å². The molecular formula is C17H13N3O2S. The van der Waals surface area contributed by atoms with Crippen molar-refractivity contribution in [3.05, 3.63) is 64.3 Å². The molecule has 0 radical (unpaired) electrons. The van der Waals surface area contributed by atoms with Crippen molar-refractivity contribution in [2.45, 2.75) is 13.3 Å². The first-order valence-electron chi connectivity index (χ1n) is 7.31. The van der Waals surface area contributed by atoms with E-state index in [0.29, 0.717) is 0 Å². The molecule has 0 N–H and O–H groups in total. The molecule has 6 heteroatoms. The first-order chi connectivity index (χ1) is 11.2. The van der Waals surface area contributed by atoms with Crippen molar-refractivity contribution in [3.8, 4) is 11.3 Å². The maximum Gasteiger partial charge on any atom is 0.269 e. The summed E-state index contributed by atoms with van der Waals surface area (Å²) >= 11 is 1.66. The van der Waals surface area contributed by atoms with Crippen molar-refractivity contribution in [1.82, 2.24) is 9.38 Å². The molecule has 0 saturated carbocycles. The molecule has 5 nitrogen and oxygen atoms in total. The highest BCUT2D eigenvalue weighted by atomic mass is 32.1. The molecule has 0 aliphatic rings. The Morgan fingerprint density at radius 3 is 2.70 bits per heavy atom. The Morgan fingerprint density at radius 2 is 2.00 bits per heavy atom. The van der Waals surface area contributed by atoms with Crippen LogP contribution in [0.1, 0.15) is 12.5 Å². The Bertz CT molecular complexity index is 1030. The molecule has 4 rings (SSSR count). The fourth-order valence-corrected chi connectivity index (χ4v) is 3.73. The molecule has 2 aromatic carbocycles.